The topological polar surface area (TPSA) is 8.17 Å². The second-order valence-corrected chi connectivity index (χ2v) is 18.4. The van der Waals surface area contributed by atoms with E-state index < -0.39 is 0 Å². The SMILES string of the molecule is C1=CCC(c2ccc(N(c3ccc(-c4ccccc4-n4c5ccccc5c5ccc6ccccc6c54)c(-c4ccccc4)c3)c3ccc(-c4ccc5ccccc5c4)cc3-c3ccccc3)cc2)C=C1. The van der Waals surface area contributed by atoms with Crippen LogP contribution in [-0.4, -0.2) is 4.57 Å². The van der Waals surface area contributed by atoms with E-state index in [1.807, 2.05) is 0 Å². The van der Waals surface area contributed by atoms with Gasteiger partial charge in [-0.2, -0.15) is 0 Å². The van der Waals surface area contributed by atoms with E-state index in [1.54, 1.807) is 0 Å². The van der Waals surface area contributed by atoms with Gasteiger partial charge >= 0.3 is 0 Å². The molecule has 0 saturated heterocycles. The number of allylic oxidation sites excluding steroid dienone is 4. The molecular formula is C68H48N2. The van der Waals surface area contributed by atoms with Crippen LogP contribution >= 0.6 is 0 Å². The third-order valence-electron chi connectivity index (χ3n) is 14.3. The lowest BCUT2D eigenvalue weighted by Crippen LogP contribution is -2.12. The fourth-order valence-corrected chi connectivity index (χ4v) is 10.9. The molecule has 11 aromatic carbocycles. The van der Waals surface area contributed by atoms with E-state index in [1.165, 1.54) is 71.2 Å². The zero-order valence-electron chi connectivity index (χ0n) is 38.7. The van der Waals surface area contributed by atoms with Crippen LogP contribution in [0.25, 0.3) is 93.5 Å². The molecule has 1 heterocycles. The molecule has 2 nitrogen and oxygen atoms in total. The number of rotatable bonds is 9. The minimum Gasteiger partial charge on any atom is -0.310 e. The predicted octanol–water partition coefficient (Wildman–Crippen LogP) is 18.8. The van der Waals surface area contributed by atoms with Crippen molar-refractivity contribution in [2.45, 2.75) is 12.3 Å². The Labute approximate surface area is 409 Å². The zero-order valence-corrected chi connectivity index (χ0v) is 38.7. The van der Waals surface area contributed by atoms with Crippen molar-refractivity contribution in [2.24, 2.45) is 0 Å². The summed E-state index contributed by atoms with van der Waals surface area (Å²) in [5.41, 5.74) is 17.5. The molecule has 0 radical (unpaired) electrons. The fraction of sp³-hybridized carbons (Fsp3) is 0.0294. The average molecular weight is 893 g/mol. The molecule has 70 heavy (non-hydrogen) atoms. The Balaban J connectivity index is 1.04. The van der Waals surface area contributed by atoms with Crippen molar-refractivity contribution in [3.05, 3.63) is 279 Å². The first-order valence-electron chi connectivity index (χ1n) is 24.4. The molecule has 0 bridgehead atoms. The van der Waals surface area contributed by atoms with Crippen LogP contribution in [0, 0.1) is 0 Å². The van der Waals surface area contributed by atoms with Crippen molar-refractivity contribution in [3.63, 3.8) is 0 Å². The fourth-order valence-electron chi connectivity index (χ4n) is 10.9. The molecule has 1 atom stereocenters. The summed E-state index contributed by atoms with van der Waals surface area (Å²) in [6.07, 6.45) is 9.91. The number of anilines is 3. The van der Waals surface area contributed by atoms with Gasteiger partial charge in [0.2, 0.25) is 0 Å². The monoisotopic (exact) mass is 892 g/mol. The summed E-state index contributed by atoms with van der Waals surface area (Å²) in [7, 11) is 0. The molecule has 1 unspecified atom stereocenters. The van der Waals surface area contributed by atoms with Gasteiger partial charge in [-0.15, -0.1) is 0 Å². The smallest absolute Gasteiger partial charge is 0.0619 e. The van der Waals surface area contributed by atoms with Gasteiger partial charge < -0.3 is 9.47 Å². The number of hydrogen-bond donors (Lipinski definition) is 0. The lowest BCUT2D eigenvalue weighted by atomic mass is 9.91. The van der Waals surface area contributed by atoms with Gasteiger partial charge in [0.25, 0.3) is 0 Å². The Morgan fingerprint density at radius 1 is 0.371 bits per heavy atom. The maximum Gasteiger partial charge on any atom is 0.0619 e. The molecule has 0 N–H and O–H groups in total. The Bertz CT molecular complexity index is 3970. The normalized spacial score (nSPS) is 13.4. The van der Waals surface area contributed by atoms with Gasteiger partial charge in [0, 0.05) is 44.6 Å². The molecular weight excluding hydrogens is 845 g/mol. The van der Waals surface area contributed by atoms with Crippen LogP contribution in [-0.2, 0) is 0 Å². The lowest BCUT2D eigenvalue weighted by Gasteiger charge is -2.30. The zero-order chi connectivity index (χ0) is 46.4. The van der Waals surface area contributed by atoms with Crippen LogP contribution in [0.4, 0.5) is 17.1 Å². The lowest BCUT2D eigenvalue weighted by molar-refractivity contribution is 0.854. The molecule has 0 saturated carbocycles. The third-order valence-corrected chi connectivity index (χ3v) is 14.3. The molecule has 1 aliphatic rings. The molecule has 2 heteroatoms. The first kappa shape index (κ1) is 41.2. The molecule has 0 aliphatic heterocycles. The summed E-state index contributed by atoms with van der Waals surface area (Å²) in [5, 5.41) is 7.44. The quantitative estimate of drug-likeness (QED) is 0.140. The average Bonchev–Trinajstić information content (AvgIpc) is 3.79. The van der Waals surface area contributed by atoms with Gasteiger partial charge in [0.1, 0.15) is 0 Å². The van der Waals surface area contributed by atoms with E-state index in [0.717, 1.165) is 51.4 Å². The van der Waals surface area contributed by atoms with E-state index in [0.29, 0.717) is 5.92 Å². The maximum absolute atomic E-state index is 2.50. The summed E-state index contributed by atoms with van der Waals surface area (Å²) in [5.74, 6) is 0.352. The molecule has 12 aromatic rings. The highest BCUT2D eigenvalue weighted by atomic mass is 15.1. The molecule has 0 spiro atoms. The van der Waals surface area contributed by atoms with Crippen molar-refractivity contribution in [1.82, 2.24) is 4.57 Å². The van der Waals surface area contributed by atoms with E-state index in [4.69, 9.17) is 0 Å². The number of para-hydroxylation sites is 2. The van der Waals surface area contributed by atoms with E-state index in [-0.39, 0.29) is 0 Å². The second-order valence-electron chi connectivity index (χ2n) is 18.4. The van der Waals surface area contributed by atoms with Gasteiger partial charge in [0.15, 0.2) is 0 Å². The maximum atomic E-state index is 2.50. The number of aromatic nitrogens is 1. The first-order chi connectivity index (χ1) is 34.7. The van der Waals surface area contributed by atoms with Gasteiger partial charge in [-0.25, -0.2) is 0 Å². The highest BCUT2D eigenvalue weighted by molar-refractivity contribution is 6.19. The van der Waals surface area contributed by atoms with Crippen molar-refractivity contribution in [1.29, 1.82) is 0 Å². The van der Waals surface area contributed by atoms with Gasteiger partial charge in [-0.05, 0) is 116 Å². The molecule has 13 rings (SSSR count). The summed E-state index contributed by atoms with van der Waals surface area (Å²) < 4.78 is 2.50. The molecule has 1 aliphatic carbocycles. The minimum absolute atomic E-state index is 0.352. The van der Waals surface area contributed by atoms with Crippen molar-refractivity contribution in [2.75, 3.05) is 4.90 Å². The molecule has 330 valence electrons. The van der Waals surface area contributed by atoms with Crippen molar-refractivity contribution in [3.8, 4) is 50.2 Å². The minimum atomic E-state index is 0.352. The van der Waals surface area contributed by atoms with Crippen LogP contribution in [0.1, 0.15) is 17.9 Å². The second kappa shape index (κ2) is 17.6. The Morgan fingerprint density at radius 2 is 1.01 bits per heavy atom. The highest BCUT2D eigenvalue weighted by Crippen LogP contribution is 2.47. The Hall–Kier alpha value is -8.98. The van der Waals surface area contributed by atoms with Crippen LogP contribution < -0.4 is 4.90 Å². The van der Waals surface area contributed by atoms with Crippen LogP contribution in [0.5, 0.6) is 0 Å². The molecule has 0 amide bonds. The van der Waals surface area contributed by atoms with Crippen LogP contribution in [0.3, 0.4) is 0 Å². The number of fused-ring (bicyclic) bond motifs is 6. The highest BCUT2D eigenvalue weighted by Gasteiger charge is 2.23. The van der Waals surface area contributed by atoms with E-state index in [2.05, 4.69) is 282 Å². The van der Waals surface area contributed by atoms with Crippen LogP contribution in [0.15, 0.2) is 273 Å². The van der Waals surface area contributed by atoms with Crippen molar-refractivity contribution >= 4 is 60.4 Å². The number of nitrogens with zero attached hydrogens (tertiary/aromatic N) is 2. The first-order valence-corrected chi connectivity index (χ1v) is 24.4. The van der Waals surface area contributed by atoms with Crippen LogP contribution in [0.2, 0.25) is 0 Å². The van der Waals surface area contributed by atoms with Gasteiger partial charge in [0.05, 0.1) is 22.4 Å². The largest absolute Gasteiger partial charge is 0.310 e. The number of benzene rings is 11. The summed E-state index contributed by atoms with van der Waals surface area (Å²) >= 11 is 0. The summed E-state index contributed by atoms with van der Waals surface area (Å²) in [6.45, 7) is 0. The molecule has 1 aromatic heterocycles. The van der Waals surface area contributed by atoms with Gasteiger partial charge in [-0.3, -0.25) is 0 Å². The van der Waals surface area contributed by atoms with Gasteiger partial charge in [-0.1, -0.05) is 218 Å². The standard InChI is InChI=1S/C68H48N2/c1-4-18-47(19-5-1)49-34-38-56(39-35-49)69(67-43-37-55(45-64(67)51-23-8-3-9-24-51)54-33-32-48-20-10-11-26-53(48)44-54)57-40-42-59(63(46-57)50-21-6-2-7-22-50)60-28-14-16-30-65(60)70-66-31-17-15-29-61(66)62-41-36-52-25-12-13-27-58(52)68(62)70/h1-18,20-47H,19H2. The van der Waals surface area contributed by atoms with Crippen molar-refractivity contribution < 1.29 is 0 Å². The Morgan fingerprint density at radius 3 is 1.81 bits per heavy atom. The Kier molecular flexibility index (Phi) is 10.4. The van der Waals surface area contributed by atoms with E-state index >= 15 is 0 Å². The summed E-state index contributed by atoms with van der Waals surface area (Å²) in [4.78, 5) is 2.47. The third kappa shape index (κ3) is 7.30. The van der Waals surface area contributed by atoms with E-state index in [9.17, 15) is 0 Å². The number of hydrogen-bond acceptors (Lipinski definition) is 1. The molecule has 0 fully saturated rings. The predicted molar refractivity (Wildman–Crippen MR) is 298 cm³/mol. The summed E-state index contributed by atoms with van der Waals surface area (Å²) in [6, 6.07) is 91.7.